The average molecular weight is 516 g/mol. The Morgan fingerprint density at radius 2 is 1.33 bits per heavy atom. The van der Waals surface area contributed by atoms with Crippen molar-refractivity contribution < 1.29 is 0 Å². The Hall–Kier alpha value is 0.986. The Balaban J connectivity index is 0. The van der Waals surface area contributed by atoms with Gasteiger partial charge in [-0.15, -0.1) is 0 Å². The molecule has 0 saturated carbocycles. The summed E-state index contributed by atoms with van der Waals surface area (Å²) < 4.78 is 0. The van der Waals surface area contributed by atoms with Crippen LogP contribution in [0, 0.1) is 6.92 Å². The van der Waals surface area contributed by atoms with Crippen LogP contribution in [0.2, 0.25) is 0 Å². The van der Waals surface area contributed by atoms with Crippen molar-refractivity contribution in [3.63, 3.8) is 0 Å². The van der Waals surface area contributed by atoms with Crippen LogP contribution in [0.15, 0.2) is 30.3 Å². The van der Waals surface area contributed by atoms with Gasteiger partial charge in [-0.3, -0.25) is 0 Å². The average Bonchev–Trinajstić information content (AvgIpc) is 1.69. The summed E-state index contributed by atoms with van der Waals surface area (Å²) >= 11 is 0. The third-order valence-corrected chi connectivity index (χ3v) is 0.940. The van der Waals surface area contributed by atoms with E-state index in [1.807, 2.05) is 18.2 Å². The molecule has 2 heteroatoms. The van der Waals surface area contributed by atoms with Crippen LogP contribution in [-0.4, -0.2) is 52.4 Å². The van der Waals surface area contributed by atoms with Gasteiger partial charge in [-0.2, -0.15) is 0 Å². The molecule has 0 aliphatic heterocycles. The fourth-order valence-electron chi connectivity index (χ4n) is 0.534. The summed E-state index contributed by atoms with van der Waals surface area (Å²) in [6.07, 6.45) is 0. The van der Waals surface area contributed by atoms with Gasteiger partial charge < -0.3 is 0 Å². The van der Waals surface area contributed by atoms with E-state index in [1.54, 1.807) is 0 Å². The van der Waals surface area contributed by atoms with Crippen molar-refractivity contribution >= 4 is 52.4 Å². The summed E-state index contributed by atoms with van der Waals surface area (Å²) in [5.41, 5.74) is 1.32. The van der Waals surface area contributed by atoms with Crippen molar-refractivity contribution in [1.82, 2.24) is 0 Å². The van der Waals surface area contributed by atoms with Crippen LogP contribution in [0.4, 0.5) is 0 Å². The van der Waals surface area contributed by atoms with Gasteiger partial charge in [0.1, 0.15) is 0 Å². The molecule has 0 aliphatic carbocycles. The molecule has 0 nitrogen and oxygen atoms in total. The molecule has 0 atom stereocenters. The molecule has 0 amide bonds. The Bertz CT molecular complexity index is 137. The van der Waals surface area contributed by atoms with Crippen LogP contribution in [-0.2, 0) is 0 Å². The Morgan fingerprint density at radius 1 is 0.889 bits per heavy atom. The Kier molecular flexibility index (Phi) is 9.97. The van der Waals surface area contributed by atoms with Crippen molar-refractivity contribution in [2.24, 2.45) is 0 Å². The van der Waals surface area contributed by atoms with E-state index in [1.165, 1.54) is 5.56 Å². The van der Waals surface area contributed by atoms with Gasteiger partial charge in [0, 0.05) is 0 Å². The first kappa shape index (κ1) is 12.6. The number of hydrogen-bond donors (Lipinski definition) is 0. The molecule has 0 heterocycles. The summed E-state index contributed by atoms with van der Waals surface area (Å²) in [5.74, 6) is 0. The third kappa shape index (κ3) is 5.43. The first-order chi connectivity index (χ1) is 3.39. The van der Waals surface area contributed by atoms with Gasteiger partial charge in [0.25, 0.3) is 0 Å². The molecule has 0 bridgehead atoms. The van der Waals surface area contributed by atoms with Crippen LogP contribution < -0.4 is 0 Å². The minimum absolute atomic E-state index is 0. The monoisotopic (exact) mass is 516 g/mol. The van der Waals surface area contributed by atoms with Gasteiger partial charge in [0.2, 0.25) is 0 Å². The molecule has 0 fully saturated rings. The van der Waals surface area contributed by atoms with E-state index in [2.05, 4.69) is 19.1 Å². The predicted octanol–water partition coefficient (Wildman–Crippen LogP) is -0.373. The topological polar surface area (TPSA) is 0 Å². The molecule has 9 heavy (non-hydrogen) atoms. The SMILES string of the molecule is Cc1ccccc1.[BiH3].[BiH3]. The Morgan fingerprint density at radius 3 is 1.56 bits per heavy atom. The number of aryl methyl sites for hydroxylation is 1. The molecule has 0 saturated heterocycles. The fourth-order valence-corrected chi connectivity index (χ4v) is 0.534. The van der Waals surface area contributed by atoms with Crippen LogP contribution in [0.3, 0.4) is 0 Å². The third-order valence-electron chi connectivity index (χ3n) is 0.940. The van der Waals surface area contributed by atoms with Crippen LogP contribution in [0.5, 0.6) is 0 Å². The van der Waals surface area contributed by atoms with E-state index in [9.17, 15) is 0 Å². The van der Waals surface area contributed by atoms with E-state index in [-0.39, 0.29) is 52.4 Å². The fraction of sp³-hybridized carbons (Fsp3) is 0.143. The second-order valence-corrected chi connectivity index (χ2v) is 1.65. The number of benzene rings is 1. The zero-order chi connectivity index (χ0) is 5.11. The van der Waals surface area contributed by atoms with E-state index in [0.29, 0.717) is 0 Å². The van der Waals surface area contributed by atoms with Gasteiger partial charge in [-0.25, -0.2) is 0 Å². The van der Waals surface area contributed by atoms with Gasteiger partial charge >= 0.3 is 52.4 Å². The van der Waals surface area contributed by atoms with E-state index in [4.69, 9.17) is 0 Å². The molecule has 1 aromatic carbocycles. The van der Waals surface area contributed by atoms with Crippen molar-refractivity contribution in [1.29, 1.82) is 0 Å². The number of hydrogen-bond acceptors (Lipinski definition) is 0. The zero-order valence-corrected chi connectivity index (χ0v) is 16.8. The van der Waals surface area contributed by atoms with Crippen LogP contribution in [0.1, 0.15) is 5.56 Å². The summed E-state index contributed by atoms with van der Waals surface area (Å²) in [4.78, 5) is 0. The molecule has 0 unspecified atom stereocenters. The van der Waals surface area contributed by atoms with E-state index in [0.717, 1.165) is 0 Å². The minimum atomic E-state index is 0. The normalized spacial score (nSPS) is 6.78. The summed E-state index contributed by atoms with van der Waals surface area (Å²) in [7, 11) is 0. The Labute approximate surface area is 94.3 Å². The maximum absolute atomic E-state index is 2.08. The molecule has 0 spiro atoms. The molecular weight excluding hydrogens is 502 g/mol. The second-order valence-electron chi connectivity index (χ2n) is 1.65. The molecule has 0 N–H and O–H groups in total. The molecule has 1 rings (SSSR count). The van der Waals surface area contributed by atoms with Crippen molar-refractivity contribution in [2.75, 3.05) is 0 Å². The van der Waals surface area contributed by atoms with Gasteiger partial charge in [-0.1, -0.05) is 35.9 Å². The molecule has 0 aliphatic rings. The maximum atomic E-state index is 2.08. The first-order valence-electron chi connectivity index (χ1n) is 2.41. The van der Waals surface area contributed by atoms with Crippen molar-refractivity contribution in [3.05, 3.63) is 35.9 Å². The zero-order valence-electron chi connectivity index (χ0n) is 5.80. The summed E-state index contributed by atoms with van der Waals surface area (Å²) in [6.45, 7) is 2.08. The molecule has 0 aromatic heterocycles. The summed E-state index contributed by atoms with van der Waals surface area (Å²) in [5, 5.41) is 0. The predicted molar refractivity (Wildman–Crippen MR) is 51.1 cm³/mol. The van der Waals surface area contributed by atoms with Crippen LogP contribution in [0.25, 0.3) is 0 Å². The standard InChI is InChI=1S/C7H8.2Bi.6H/c1-7-5-3-2-4-6-7;;;;;;;;/h2-6H,1H3;;;;;;;;. The molecule has 0 radical (unpaired) electrons. The van der Waals surface area contributed by atoms with E-state index >= 15 is 0 Å². The second kappa shape index (κ2) is 7.10. The summed E-state index contributed by atoms with van der Waals surface area (Å²) in [6, 6.07) is 10.3. The molecule has 1 aromatic rings. The molecule has 52 valence electrons. The van der Waals surface area contributed by atoms with Gasteiger partial charge in [-0.05, 0) is 6.92 Å². The van der Waals surface area contributed by atoms with Gasteiger partial charge in [0.05, 0.1) is 0 Å². The van der Waals surface area contributed by atoms with E-state index < -0.39 is 0 Å². The quantitative estimate of drug-likeness (QED) is 0.414. The van der Waals surface area contributed by atoms with Gasteiger partial charge in [0.15, 0.2) is 0 Å². The molecular formula is C7H14Bi2. The van der Waals surface area contributed by atoms with Crippen molar-refractivity contribution in [2.45, 2.75) is 6.92 Å². The number of rotatable bonds is 0. The van der Waals surface area contributed by atoms with Crippen LogP contribution >= 0.6 is 0 Å². The van der Waals surface area contributed by atoms with Crippen molar-refractivity contribution in [3.8, 4) is 0 Å². The first-order valence-corrected chi connectivity index (χ1v) is 2.41.